The molecule has 0 aliphatic carbocycles. The van der Waals surface area contributed by atoms with Crippen molar-refractivity contribution in [2.24, 2.45) is 7.05 Å². The van der Waals surface area contributed by atoms with Crippen LogP contribution in [0.25, 0.3) is 0 Å². The van der Waals surface area contributed by atoms with Crippen molar-refractivity contribution in [3.8, 4) is 12.3 Å². The van der Waals surface area contributed by atoms with Crippen molar-refractivity contribution >= 4 is 11.8 Å². The molecule has 0 amide bonds. The van der Waals surface area contributed by atoms with Gasteiger partial charge in [-0.05, 0) is 12.1 Å². The number of nitrogens with zero attached hydrogens (tertiary/aromatic N) is 2. The van der Waals surface area contributed by atoms with Crippen LogP contribution in [0.15, 0.2) is 35.2 Å². The molecule has 0 saturated heterocycles. The van der Waals surface area contributed by atoms with Crippen molar-refractivity contribution in [2.45, 2.75) is 6.04 Å². The van der Waals surface area contributed by atoms with Gasteiger partial charge in [-0.3, -0.25) is 0 Å². The Bertz CT molecular complexity index is 527. The van der Waals surface area contributed by atoms with E-state index in [1.807, 2.05) is 29.9 Å². The summed E-state index contributed by atoms with van der Waals surface area (Å²) in [6.07, 6.45) is 10.6. The first-order chi connectivity index (χ1) is 9.33. The lowest BCUT2D eigenvalue weighted by atomic mass is 10.2. The van der Waals surface area contributed by atoms with Crippen molar-refractivity contribution in [2.75, 3.05) is 18.1 Å². The summed E-state index contributed by atoms with van der Waals surface area (Å²) in [5.74, 6) is 6.14. The maximum atomic E-state index is 5.50. The molecule has 2 rings (SSSR count). The number of terminal acetylenes is 1. The van der Waals surface area contributed by atoms with Gasteiger partial charge in [-0.15, -0.1) is 18.2 Å². The largest absolute Gasteiger partial charge is 0.467 e. The number of aryl methyl sites for hydroxylation is 1. The third-order valence-corrected chi connectivity index (χ3v) is 3.59. The number of thioether (sulfide) groups is 1. The van der Waals surface area contributed by atoms with Crippen molar-refractivity contribution in [1.29, 1.82) is 0 Å². The van der Waals surface area contributed by atoms with Gasteiger partial charge in [-0.1, -0.05) is 5.92 Å². The summed E-state index contributed by atoms with van der Waals surface area (Å²) in [5.41, 5.74) is 0. The van der Waals surface area contributed by atoms with E-state index >= 15 is 0 Å². The van der Waals surface area contributed by atoms with Crippen LogP contribution in [0.1, 0.15) is 17.6 Å². The van der Waals surface area contributed by atoms with Gasteiger partial charge in [0, 0.05) is 31.7 Å². The standard InChI is InChI=1S/C14H17N3OS/c1-3-10-19-11-7-15-13(12-5-4-9-18-12)14-16-6-8-17(14)2/h1,4-6,8-9,13,15H,7,10-11H2,2H3. The summed E-state index contributed by atoms with van der Waals surface area (Å²) in [6.45, 7) is 0.852. The number of hydrogen-bond donors (Lipinski definition) is 1. The minimum atomic E-state index is -0.0264. The molecule has 2 aromatic heterocycles. The van der Waals surface area contributed by atoms with Gasteiger partial charge >= 0.3 is 0 Å². The minimum absolute atomic E-state index is 0.0264. The molecule has 0 aliphatic heterocycles. The summed E-state index contributed by atoms with van der Waals surface area (Å²) in [4.78, 5) is 4.39. The zero-order chi connectivity index (χ0) is 13.5. The molecule has 0 aliphatic rings. The molecule has 0 aromatic carbocycles. The van der Waals surface area contributed by atoms with E-state index in [0.29, 0.717) is 0 Å². The molecule has 0 radical (unpaired) electrons. The molecular formula is C14H17N3OS. The highest BCUT2D eigenvalue weighted by Crippen LogP contribution is 2.20. The number of furan rings is 1. The van der Waals surface area contributed by atoms with Gasteiger partial charge in [-0.25, -0.2) is 4.98 Å². The second kappa shape index (κ2) is 7.07. The first kappa shape index (κ1) is 13.8. The maximum absolute atomic E-state index is 5.50. The molecule has 100 valence electrons. The molecular weight excluding hydrogens is 258 g/mol. The Hall–Kier alpha value is -1.64. The van der Waals surface area contributed by atoms with Gasteiger partial charge in [0.1, 0.15) is 17.6 Å². The maximum Gasteiger partial charge on any atom is 0.133 e. The lowest BCUT2D eigenvalue weighted by Crippen LogP contribution is -2.26. The molecule has 4 nitrogen and oxygen atoms in total. The molecule has 0 spiro atoms. The average molecular weight is 275 g/mol. The van der Waals surface area contributed by atoms with E-state index in [2.05, 4.69) is 16.2 Å². The Kier molecular flexibility index (Phi) is 5.13. The van der Waals surface area contributed by atoms with E-state index in [-0.39, 0.29) is 6.04 Å². The molecule has 2 heterocycles. The fourth-order valence-electron chi connectivity index (χ4n) is 1.84. The highest BCUT2D eigenvalue weighted by molar-refractivity contribution is 7.99. The van der Waals surface area contributed by atoms with E-state index < -0.39 is 0 Å². The Balaban J connectivity index is 2.01. The van der Waals surface area contributed by atoms with E-state index in [1.54, 1.807) is 24.2 Å². The van der Waals surface area contributed by atoms with Crippen molar-refractivity contribution < 1.29 is 4.42 Å². The van der Waals surface area contributed by atoms with Crippen LogP contribution in [0.5, 0.6) is 0 Å². The molecule has 0 fully saturated rings. The summed E-state index contributed by atoms with van der Waals surface area (Å²) in [5, 5.41) is 3.46. The van der Waals surface area contributed by atoms with Crippen molar-refractivity contribution in [1.82, 2.24) is 14.9 Å². The van der Waals surface area contributed by atoms with Gasteiger partial charge < -0.3 is 14.3 Å². The van der Waals surface area contributed by atoms with Crippen molar-refractivity contribution in [3.05, 3.63) is 42.4 Å². The van der Waals surface area contributed by atoms with E-state index in [0.717, 1.165) is 29.6 Å². The van der Waals surface area contributed by atoms with Gasteiger partial charge in [0.15, 0.2) is 0 Å². The molecule has 5 heteroatoms. The van der Waals surface area contributed by atoms with Crippen LogP contribution in [0.2, 0.25) is 0 Å². The van der Waals surface area contributed by atoms with Crippen LogP contribution >= 0.6 is 11.8 Å². The lowest BCUT2D eigenvalue weighted by molar-refractivity contribution is 0.437. The molecule has 19 heavy (non-hydrogen) atoms. The second-order valence-electron chi connectivity index (χ2n) is 4.06. The molecule has 1 atom stereocenters. The minimum Gasteiger partial charge on any atom is -0.467 e. The smallest absolute Gasteiger partial charge is 0.133 e. The Morgan fingerprint density at radius 2 is 2.53 bits per heavy atom. The van der Waals surface area contributed by atoms with Gasteiger partial charge in [0.2, 0.25) is 0 Å². The van der Waals surface area contributed by atoms with E-state index in [9.17, 15) is 0 Å². The van der Waals surface area contributed by atoms with E-state index in [4.69, 9.17) is 10.8 Å². The Morgan fingerprint density at radius 1 is 1.63 bits per heavy atom. The normalized spacial score (nSPS) is 12.2. The number of aromatic nitrogens is 2. The highest BCUT2D eigenvalue weighted by Gasteiger charge is 2.19. The van der Waals surface area contributed by atoms with Crippen LogP contribution in [0.4, 0.5) is 0 Å². The second-order valence-corrected chi connectivity index (χ2v) is 5.16. The number of rotatable bonds is 7. The lowest BCUT2D eigenvalue weighted by Gasteiger charge is -2.16. The fourth-order valence-corrected chi connectivity index (χ4v) is 2.36. The van der Waals surface area contributed by atoms with Crippen molar-refractivity contribution in [3.63, 3.8) is 0 Å². The number of nitrogens with one attached hydrogen (secondary N) is 1. The zero-order valence-corrected chi connectivity index (χ0v) is 11.7. The van der Waals surface area contributed by atoms with Crippen LogP contribution in [0, 0.1) is 12.3 Å². The fraction of sp³-hybridized carbons (Fsp3) is 0.357. The summed E-state index contributed by atoms with van der Waals surface area (Å²) in [6, 6.07) is 3.82. The predicted octanol–water partition coefficient (Wildman–Crippen LogP) is 2.06. The van der Waals surface area contributed by atoms with Crippen LogP contribution < -0.4 is 5.32 Å². The van der Waals surface area contributed by atoms with Gasteiger partial charge in [0.05, 0.1) is 12.0 Å². The zero-order valence-electron chi connectivity index (χ0n) is 10.9. The number of imidazole rings is 1. The first-order valence-corrected chi connectivity index (χ1v) is 7.23. The third-order valence-electron chi connectivity index (χ3n) is 2.72. The van der Waals surface area contributed by atoms with Gasteiger partial charge in [0.25, 0.3) is 0 Å². The molecule has 0 bridgehead atoms. The Morgan fingerprint density at radius 3 is 3.16 bits per heavy atom. The van der Waals surface area contributed by atoms with Crippen LogP contribution in [0.3, 0.4) is 0 Å². The molecule has 1 N–H and O–H groups in total. The summed E-state index contributed by atoms with van der Waals surface area (Å²) < 4.78 is 7.49. The summed E-state index contributed by atoms with van der Waals surface area (Å²) in [7, 11) is 1.98. The Labute approximate surface area is 117 Å². The van der Waals surface area contributed by atoms with E-state index in [1.165, 1.54) is 0 Å². The monoisotopic (exact) mass is 275 g/mol. The summed E-state index contributed by atoms with van der Waals surface area (Å²) >= 11 is 1.74. The highest BCUT2D eigenvalue weighted by atomic mass is 32.2. The van der Waals surface area contributed by atoms with Gasteiger partial charge in [-0.2, -0.15) is 0 Å². The quantitative estimate of drug-likeness (QED) is 0.620. The van der Waals surface area contributed by atoms with Crippen LogP contribution in [-0.2, 0) is 7.05 Å². The molecule has 1 unspecified atom stereocenters. The molecule has 0 saturated carbocycles. The first-order valence-electron chi connectivity index (χ1n) is 6.08. The SMILES string of the molecule is C#CCSCCNC(c1ccco1)c1nccn1C. The third kappa shape index (κ3) is 3.66. The van der Waals surface area contributed by atoms with Crippen LogP contribution in [-0.4, -0.2) is 27.6 Å². The average Bonchev–Trinajstić information content (AvgIpc) is 3.06. The molecule has 2 aromatic rings. The topological polar surface area (TPSA) is 43.0 Å². The predicted molar refractivity (Wildman–Crippen MR) is 77.9 cm³/mol. The number of hydrogen-bond acceptors (Lipinski definition) is 4.